The summed E-state index contributed by atoms with van der Waals surface area (Å²) >= 11 is 8.83. The van der Waals surface area contributed by atoms with Crippen LogP contribution >= 0.6 is 27.5 Å². The molecule has 0 saturated heterocycles. The number of hydrogen-bond acceptors (Lipinski definition) is 2. The number of aromatic nitrogens is 2. The number of hydrogen-bond donors (Lipinski definition) is 2. The van der Waals surface area contributed by atoms with Crippen LogP contribution in [0.25, 0.3) is 11.0 Å². The van der Waals surface area contributed by atoms with E-state index in [4.69, 9.17) is 16.7 Å². The molecular formula is C8H4BrClN2O2. The molecule has 0 atom stereocenters. The SMILES string of the molecule is O=C(O)c1ccc2[nH]c(Cl)nc2c1Br. The topological polar surface area (TPSA) is 66.0 Å². The number of halogens is 2. The summed E-state index contributed by atoms with van der Waals surface area (Å²) in [5, 5.41) is 9.07. The molecule has 0 aliphatic carbocycles. The molecule has 1 aromatic heterocycles. The van der Waals surface area contributed by atoms with Crippen molar-refractivity contribution in [3.8, 4) is 0 Å². The second-order valence-electron chi connectivity index (χ2n) is 2.66. The number of H-pyrrole nitrogens is 1. The van der Waals surface area contributed by atoms with E-state index in [-0.39, 0.29) is 10.8 Å². The maximum Gasteiger partial charge on any atom is 0.336 e. The van der Waals surface area contributed by atoms with Gasteiger partial charge < -0.3 is 10.1 Å². The number of imidazole rings is 1. The highest BCUT2D eigenvalue weighted by atomic mass is 79.9. The fraction of sp³-hybridized carbons (Fsp3) is 0. The summed E-state index contributed by atoms with van der Waals surface area (Å²) in [4.78, 5) is 17.5. The van der Waals surface area contributed by atoms with Crippen molar-refractivity contribution in [3.05, 3.63) is 27.5 Å². The van der Waals surface area contributed by atoms with Crippen LogP contribution in [0.2, 0.25) is 5.28 Å². The largest absolute Gasteiger partial charge is 0.478 e. The minimum absolute atomic E-state index is 0.167. The van der Waals surface area contributed by atoms with E-state index in [9.17, 15) is 4.79 Å². The predicted molar refractivity (Wildman–Crippen MR) is 55.8 cm³/mol. The highest BCUT2D eigenvalue weighted by molar-refractivity contribution is 9.10. The van der Waals surface area contributed by atoms with Gasteiger partial charge in [-0.25, -0.2) is 9.78 Å². The molecule has 0 fully saturated rings. The van der Waals surface area contributed by atoms with Crippen LogP contribution in [0.15, 0.2) is 16.6 Å². The molecule has 0 aliphatic heterocycles. The Morgan fingerprint density at radius 2 is 2.29 bits per heavy atom. The lowest BCUT2D eigenvalue weighted by molar-refractivity contribution is 0.0696. The summed E-state index contributed by atoms with van der Waals surface area (Å²) in [6.07, 6.45) is 0. The molecule has 0 bridgehead atoms. The smallest absolute Gasteiger partial charge is 0.336 e. The minimum atomic E-state index is -1.00. The van der Waals surface area contributed by atoms with E-state index in [0.717, 1.165) is 0 Å². The van der Waals surface area contributed by atoms with Gasteiger partial charge in [0, 0.05) is 0 Å². The first-order valence-corrected chi connectivity index (χ1v) is 4.83. The molecule has 1 aromatic carbocycles. The molecule has 2 N–H and O–H groups in total. The van der Waals surface area contributed by atoms with Crippen molar-refractivity contribution in [2.45, 2.75) is 0 Å². The van der Waals surface area contributed by atoms with Gasteiger partial charge in [0.25, 0.3) is 0 Å². The van der Waals surface area contributed by atoms with Crippen molar-refractivity contribution in [1.82, 2.24) is 9.97 Å². The molecule has 0 spiro atoms. The van der Waals surface area contributed by atoms with E-state index >= 15 is 0 Å². The number of nitrogens with one attached hydrogen (secondary N) is 1. The first kappa shape index (κ1) is 9.48. The molecule has 1 heterocycles. The highest BCUT2D eigenvalue weighted by Gasteiger charge is 2.13. The van der Waals surface area contributed by atoms with E-state index in [0.29, 0.717) is 15.5 Å². The van der Waals surface area contributed by atoms with E-state index in [1.807, 2.05) is 0 Å². The molecule has 6 heteroatoms. The number of rotatable bonds is 1. The molecule has 0 aliphatic rings. The van der Waals surface area contributed by atoms with E-state index < -0.39 is 5.97 Å². The summed E-state index contributed by atoms with van der Waals surface area (Å²) < 4.78 is 0.436. The Kier molecular flexibility index (Phi) is 2.20. The lowest BCUT2D eigenvalue weighted by atomic mass is 10.2. The third kappa shape index (κ3) is 1.38. The quantitative estimate of drug-likeness (QED) is 0.841. The zero-order valence-electron chi connectivity index (χ0n) is 6.71. The molecule has 72 valence electrons. The summed E-state index contributed by atoms with van der Waals surface area (Å²) in [6, 6.07) is 3.12. The zero-order chi connectivity index (χ0) is 10.3. The monoisotopic (exact) mass is 274 g/mol. The number of aromatic carboxylic acids is 1. The Morgan fingerprint density at radius 1 is 1.57 bits per heavy atom. The average molecular weight is 275 g/mol. The lowest BCUT2D eigenvalue weighted by Crippen LogP contribution is -1.97. The Morgan fingerprint density at radius 3 is 2.93 bits per heavy atom. The van der Waals surface area contributed by atoms with Crippen molar-refractivity contribution in [2.24, 2.45) is 0 Å². The van der Waals surface area contributed by atoms with Gasteiger partial charge in [0.2, 0.25) is 5.28 Å². The number of carboxylic acid groups (broad SMARTS) is 1. The number of carboxylic acids is 1. The van der Waals surface area contributed by atoms with Crippen LogP contribution < -0.4 is 0 Å². The molecule has 0 saturated carbocycles. The Balaban J connectivity index is 2.80. The van der Waals surface area contributed by atoms with Crippen molar-refractivity contribution >= 4 is 44.5 Å². The summed E-state index contributed by atoms with van der Waals surface area (Å²) in [5.41, 5.74) is 1.39. The molecule has 14 heavy (non-hydrogen) atoms. The molecule has 2 rings (SSSR count). The van der Waals surface area contributed by atoms with Gasteiger partial charge in [-0.3, -0.25) is 0 Å². The standard InChI is InChI=1S/C8H4BrClN2O2/c9-5-3(7(13)14)1-2-4-6(5)12-8(10)11-4/h1-2H,(H,11,12)(H,13,14). The van der Waals surface area contributed by atoms with Crippen LogP contribution in [0.3, 0.4) is 0 Å². The number of fused-ring (bicyclic) bond motifs is 1. The maximum absolute atomic E-state index is 10.8. The molecule has 2 aromatic rings. The van der Waals surface area contributed by atoms with E-state index in [2.05, 4.69) is 25.9 Å². The van der Waals surface area contributed by atoms with Gasteiger partial charge in [0.1, 0.15) is 5.52 Å². The Labute approximate surface area is 92.0 Å². The fourth-order valence-electron chi connectivity index (χ4n) is 1.18. The predicted octanol–water partition coefficient (Wildman–Crippen LogP) is 2.68. The van der Waals surface area contributed by atoms with Gasteiger partial charge >= 0.3 is 5.97 Å². The fourth-order valence-corrected chi connectivity index (χ4v) is 1.97. The summed E-state index contributed by atoms with van der Waals surface area (Å²) in [5.74, 6) is -1.00. The van der Waals surface area contributed by atoms with Gasteiger partial charge in [-0.1, -0.05) is 0 Å². The van der Waals surface area contributed by atoms with E-state index in [1.54, 1.807) is 6.07 Å². The summed E-state index contributed by atoms with van der Waals surface area (Å²) in [6.45, 7) is 0. The number of carbonyl (C=O) groups is 1. The van der Waals surface area contributed by atoms with Gasteiger partial charge in [0.05, 0.1) is 15.6 Å². The average Bonchev–Trinajstić information content (AvgIpc) is 2.46. The number of aromatic amines is 1. The highest BCUT2D eigenvalue weighted by Crippen LogP contribution is 2.27. The van der Waals surface area contributed by atoms with Gasteiger partial charge in [-0.05, 0) is 39.7 Å². The Bertz CT molecular complexity index is 523. The number of nitrogens with zero attached hydrogens (tertiary/aromatic N) is 1. The van der Waals surface area contributed by atoms with Crippen LogP contribution in [0.4, 0.5) is 0 Å². The van der Waals surface area contributed by atoms with E-state index in [1.165, 1.54) is 6.07 Å². The Hall–Kier alpha value is -1.07. The van der Waals surface area contributed by atoms with Crippen LogP contribution in [0.5, 0.6) is 0 Å². The molecule has 0 unspecified atom stereocenters. The van der Waals surface area contributed by atoms with Crippen molar-refractivity contribution in [2.75, 3.05) is 0 Å². The zero-order valence-corrected chi connectivity index (χ0v) is 9.06. The van der Waals surface area contributed by atoms with Crippen molar-refractivity contribution < 1.29 is 9.90 Å². The molecule has 4 nitrogen and oxygen atoms in total. The van der Waals surface area contributed by atoms with Crippen molar-refractivity contribution in [1.29, 1.82) is 0 Å². The van der Waals surface area contributed by atoms with Gasteiger partial charge in [0.15, 0.2) is 0 Å². The minimum Gasteiger partial charge on any atom is -0.478 e. The van der Waals surface area contributed by atoms with Crippen LogP contribution in [-0.4, -0.2) is 21.0 Å². The van der Waals surface area contributed by atoms with Crippen LogP contribution in [-0.2, 0) is 0 Å². The first-order valence-electron chi connectivity index (χ1n) is 3.66. The molecule has 0 amide bonds. The van der Waals surface area contributed by atoms with Gasteiger partial charge in [-0.2, -0.15) is 0 Å². The molecular weight excluding hydrogens is 271 g/mol. The molecule has 0 radical (unpaired) electrons. The maximum atomic E-state index is 10.8. The van der Waals surface area contributed by atoms with Gasteiger partial charge in [-0.15, -0.1) is 0 Å². The lowest BCUT2D eigenvalue weighted by Gasteiger charge is -1.98. The second kappa shape index (κ2) is 3.25. The normalized spacial score (nSPS) is 10.7. The number of benzene rings is 1. The second-order valence-corrected chi connectivity index (χ2v) is 3.81. The van der Waals surface area contributed by atoms with Crippen LogP contribution in [0.1, 0.15) is 10.4 Å². The third-order valence-corrected chi connectivity index (χ3v) is 2.78. The first-order chi connectivity index (χ1) is 6.59. The van der Waals surface area contributed by atoms with Crippen molar-refractivity contribution in [3.63, 3.8) is 0 Å². The third-order valence-electron chi connectivity index (χ3n) is 1.79. The van der Waals surface area contributed by atoms with Crippen LogP contribution in [0, 0.1) is 0 Å². The summed E-state index contributed by atoms with van der Waals surface area (Å²) in [7, 11) is 0.